The van der Waals surface area contributed by atoms with Crippen molar-refractivity contribution in [3.05, 3.63) is 59.7 Å². The summed E-state index contributed by atoms with van der Waals surface area (Å²) in [7, 11) is 0. The Morgan fingerprint density at radius 3 is 2.00 bits per heavy atom. The monoisotopic (exact) mass is 442 g/mol. The first kappa shape index (κ1) is 23.4. The summed E-state index contributed by atoms with van der Waals surface area (Å²) >= 11 is 0. The maximum atomic E-state index is 12.8. The number of alkyl halides is 3. The zero-order valence-corrected chi connectivity index (χ0v) is 19.3. The van der Waals surface area contributed by atoms with Gasteiger partial charge in [-0.25, -0.2) is 0 Å². The highest BCUT2D eigenvalue weighted by Crippen LogP contribution is 2.48. The highest BCUT2D eigenvalue weighted by Gasteiger charge is 2.35. The topological polar surface area (TPSA) is 0 Å². The van der Waals surface area contributed by atoms with Crippen molar-refractivity contribution in [2.24, 2.45) is 17.8 Å². The predicted molar refractivity (Wildman–Crippen MR) is 127 cm³/mol. The molecule has 2 saturated carbocycles. The van der Waals surface area contributed by atoms with E-state index in [4.69, 9.17) is 0 Å². The Balaban J connectivity index is 1.31. The summed E-state index contributed by atoms with van der Waals surface area (Å²) in [5, 5.41) is 0. The third kappa shape index (κ3) is 5.77. The van der Waals surface area contributed by atoms with Gasteiger partial charge < -0.3 is 0 Å². The van der Waals surface area contributed by atoms with E-state index in [2.05, 4.69) is 31.2 Å². The first-order valence-electron chi connectivity index (χ1n) is 12.7. The second kappa shape index (κ2) is 10.4. The molecule has 0 saturated heterocycles. The van der Waals surface area contributed by atoms with Gasteiger partial charge in [-0.15, -0.1) is 0 Å². The molecule has 2 aromatic carbocycles. The fourth-order valence-electron chi connectivity index (χ4n) is 6.21. The van der Waals surface area contributed by atoms with Crippen LogP contribution in [-0.2, 0) is 6.18 Å². The Bertz CT molecular complexity index is 834. The van der Waals surface area contributed by atoms with Gasteiger partial charge in [0.1, 0.15) is 0 Å². The summed E-state index contributed by atoms with van der Waals surface area (Å²) in [4.78, 5) is 0. The van der Waals surface area contributed by atoms with Crippen molar-refractivity contribution in [3.8, 4) is 11.1 Å². The molecule has 32 heavy (non-hydrogen) atoms. The van der Waals surface area contributed by atoms with Crippen molar-refractivity contribution in [2.45, 2.75) is 89.6 Å². The predicted octanol–water partition coefficient (Wildman–Crippen LogP) is 9.64. The van der Waals surface area contributed by atoms with Gasteiger partial charge in [0.15, 0.2) is 0 Å². The lowest BCUT2D eigenvalue weighted by atomic mass is 9.63. The van der Waals surface area contributed by atoms with Gasteiger partial charge in [0, 0.05) is 0 Å². The van der Waals surface area contributed by atoms with Crippen LogP contribution in [0.4, 0.5) is 13.2 Å². The molecule has 0 radical (unpaired) electrons. The normalized spacial score (nSPS) is 26.0. The lowest BCUT2D eigenvalue weighted by Gasteiger charge is -2.42. The van der Waals surface area contributed by atoms with Crippen LogP contribution < -0.4 is 0 Å². The number of benzene rings is 2. The van der Waals surface area contributed by atoms with Crippen molar-refractivity contribution >= 4 is 0 Å². The van der Waals surface area contributed by atoms with Gasteiger partial charge in [0.05, 0.1) is 5.56 Å². The van der Waals surface area contributed by atoms with E-state index < -0.39 is 11.7 Å². The summed E-state index contributed by atoms with van der Waals surface area (Å²) < 4.78 is 38.4. The number of halogens is 3. The third-order valence-electron chi connectivity index (χ3n) is 8.12. The largest absolute Gasteiger partial charge is 0.416 e. The molecule has 2 fully saturated rings. The molecule has 0 N–H and O–H groups in total. The minimum atomic E-state index is -4.28. The van der Waals surface area contributed by atoms with Crippen molar-refractivity contribution < 1.29 is 13.2 Å². The third-order valence-corrected chi connectivity index (χ3v) is 8.12. The fraction of sp³-hybridized carbons (Fsp3) is 0.586. The Labute approximate surface area is 191 Å². The molecule has 0 heterocycles. The molecule has 0 spiro atoms. The standard InChI is InChI=1S/C29H37F3/c1-2-3-4-5-6-21-7-8-27-20-26(14-13-25(27)19-21)24-11-9-22(10-12-24)23-15-17-28(18-16-23)29(30,31)32/h9-12,15-18,21,25-27H,2-8,13-14,19-20H2,1H3. The summed E-state index contributed by atoms with van der Waals surface area (Å²) in [6, 6.07) is 14.1. The summed E-state index contributed by atoms with van der Waals surface area (Å²) in [6.07, 6.45) is 10.9. The van der Waals surface area contributed by atoms with Crippen molar-refractivity contribution in [1.82, 2.24) is 0 Å². The van der Waals surface area contributed by atoms with Gasteiger partial charge in [-0.1, -0.05) is 81.8 Å². The molecule has 174 valence electrons. The van der Waals surface area contributed by atoms with Crippen LogP contribution in [0.15, 0.2) is 48.5 Å². The first-order chi connectivity index (χ1) is 15.4. The molecule has 4 rings (SSSR count). The number of fused-ring (bicyclic) bond motifs is 1. The van der Waals surface area contributed by atoms with Crippen LogP contribution in [0.3, 0.4) is 0 Å². The zero-order chi connectivity index (χ0) is 22.6. The van der Waals surface area contributed by atoms with Crippen molar-refractivity contribution in [1.29, 1.82) is 0 Å². The summed E-state index contributed by atoms with van der Waals surface area (Å²) in [5.41, 5.74) is 2.64. The maximum Gasteiger partial charge on any atom is 0.416 e. The van der Waals surface area contributed by atoms with Crippen LogP contribution in [0, 0.1) is 17.8 Å². The molecule has 0 nitrogen and oxygen atoms in total. The van der Waals surface area contributed by atoms with E-state index in [1.807, 2.05) is 0 Å². The Morgan fingerprint density at radius 2 is 1.34 bits per heavy atom. The summed E-state index contributed by atoms with van der Waals surface area (Å²) in [6.45, 7) is 2.28. The van der Waals surface area contributed by atoms with E-state index in [1.54, 1.807) is 12.1 Å². The second-order valence-electron chi connectivity index (χ2n) is 10.3. The number of hydrogen-bond donors (Lipinski definition) is 0. The first-order valence-corrected chi connectivity index (χ1v) is 12.7. The number of rotatable bonds is 7. The molecular weight excluding hydrogens is 405 g/mol. The number of hydrogen-bond acceptors (Lipinski definition) is 0. The molecule has 0 aliphatic heterocycles. The van der Waals surface area contributed by atoms with Crippen molar-refractivity contribution in [2.75, 3.05) is 0 Å². The van der Waals surface area contributed by atoms with Crippen LogP contribution in [0.5, 0.6) is 0 Å². The Morgan fingerprint density at radius 1 is 0.719 bits per heavy atom. The van der Waals surface area contributed by atoms with Crippen LogP contribution >= 0.6 is 0 Å². The molecule has 4 atom stereocenters. The van der Waals surface area contributed by atoms with E-state index in [0.29, 0.717) is 5.92 Å². The van der Waals surface area contributed by atoms with Gasteiger partial charge in [0.25, 0.3) is 0 Å². The van der Waals surface area contributed by atoms with E-state index in [0.717, 1.165) is 28.9 Å². The highest BCUT2D eigenvalue weighted by atomic mass is 19.4. The van der Waals surface area contributed by atoms with Crippen LogP contribution in [0.25, 0.3) is 11.1 Å². The minimum absolute atomic E-state index is 0.592. The quantitative estimate of drug-likeness (QED) is 0.374. The highest BCUT2D eigenvalue weighted by molar-refractivity contribution is 5.64. The molecule has 2 aromatic rings. The minimum Gasteiger partial charge on any atom is -0.166 e. The Hall–Kier alpha value is -1.77. The van der Waals surface area contributed by atoms with Gasteiger partial charge in [-0.2, -0.15) is 13.2 Å². The van der Waals surface area contributed by atoms with Gasteiger partial charge in [-0.05, 0) is 84.6 Å². The Kier molecular flexibility index (Phi) is 7.63. The van der Waals surface area contributed by atoms with E-state index in [-0.39, 0.29) is 0 Å². The fourth-order valence-corrected chi connectivity index (χ4v) is 6.21. The van der Waals surface area contributed by atoms with Crippen LogP contribution in [-0.4, -0.2) is 0 Å². The van der Waals surface area contributed by atoms with E-state index >= 15 is 0 Å². The van der Waals surface area contributed by atoms with Crippen molar-refractivity contribution in [3.63, 3.8) is 0 Å². The van der Waals surface area contributed by atoms with Gasteiger partial charge in [-0.3, -0.25) is 0 Å². The average molecular weight is 443 g/mol. The van der Waals surface area contributed by atoms with Crippen LogP contribution in [0.1, 0.15) is 94.6 Å². The molecule has 0 aromatic heterocycles. The maximum absolute atomic E-state index is 12.8. The molecule has 2 aliphatic carbocycles. The molecule has 0 amide bonds. The lowest BCUT2D eigenvalue weighted by molar-refractivity contribution is -0.137. The van der Waals surface area contributed by atoms with E-state index in [9.17, 15) is 13.2 Å². The van der Waals surface area contributed by atoms with Gasteiger partial charge >= 0.3 is 6.18 Å². The smallest absolute Gasteiger partial charge is 0.166 e. The SMILES string of the molecule is CCCCCCC1CCC2CC(c3ccc(-c4ccc(C(F)(F)F)cc4)cc3)CCC2C1. The van der Waals surface area contributed by atoms with Gasteiger partial charge in [0.2, 0.25) is 0 Å². The molecule has 3 heteroatoms. The zero-order valence-electron chi connectivity index (χ0n) is 19.3. The second-order valence-corrected chi connectivity index (χ2v) is 10.3. The lowest BCUT2D eigenvalue weighted by Crippen LogP contribution is -2.30. The molecule has 0 bridgehead atoms. The molecule has 4 unspecified atom stereocenters. The molecular formula is C29H37F3. The number of unbranched alkanes of at least 4 members (excludes halogenated alkanes) is 3. The van der Waals surface area contributed by atoms with Crippen LogP contribution in [0.2, 0.25) is 0 Å². The average Bonchev–Trinajstić information content (AvgIpc) is 2.81. The molecule has 2 aliphatic rings. The summed E-state index contributed by atoms with van der Waals surface area (Å²) in [5.74, 6) is 3.42. The van der Waals surface area contributed by atoms with E-state index in [1.165, 1.54) is 88.3 Å².